The number of benzene rings is 1. The van der Waals surface area contributed by atoms with Gasteiger partial charge in [0.15, 0.2) is 0 Å². The van der Waals surface area contributed by atoms with Crippen LogP contribution in [0.25, 0.3) is 20.8 Å². The number of nitrogens with zero attached hydrogens (tertiary/aromatic N) is 2. The van der Waals surface area contributed by atoms with E-state index in [1.54, 1.807) is 30.5 Å². The maximum atomic E-state index is 12.4. The SMILES string of the molecule is CS(=O)c1cc(CCC(=O)OC(C)(C)C)nc(-c2nc(=O)c3ccccc3s2)c1. The number of hydrogen-bond donors (Lipinski definition) is 0. The van der Waals surface area contributed by atoms with Crippen molar-refractivity contribution < 1.29 is 13.7 Å². The van der Waals surface area contributed by atoms with Crippen LogP contribution in [0.2, 0.25) is 0 Å². The highest BCUT2D eigenvalue weighted by Gasteiger charge is 2.17. The average molecular weight is 431 g/mol. The Labute approximate surface area is 175 Å². The molecule has 29 heavy (non-hydrogen) atoms. The summed E-state index contributed by atoms with van der Waals surface area (Å²) < 4.78 is 18.2. The van der Waals surface area contributed by atoms with E-state index in [1.165, 1.54) is 11.3 Å². The van der Waals surface area contributed by atoms with Crippen molar-refractivity contribution in [2.75, 3.05) is 6.26 Å². The Morgan fingerprint density at radius 2 is 1.90 bits per heavy atom. The van der Waals surface area contributed by atoms with Gasteiger partial charge in [-0.2, -0.15) is 4.98 Å². The molecule has 8 heteroatoms. The zero-order valence-electron chi connectivity index (χ0n) is 16.7. The van der Waals surface area contributed by atoms with Gasteiger partial charge in [-0.3, -0.25) is 18.8 Å². The van der Waals surface area contributed by atoms with Crippen LogP contribution < -0.4 is 5.56 Å². The lowest BCUT2D eigenvalue weighted by molar-refractivity contribution is -0.154. The third kappa shape index (κ3) is 5.55. The number of carbonyl (C=O) groups is 1. The number of fused-ring (bicyclic) bond motifs is 1. The van der Waals surface area contributed by atoms with Crippen LogP contribution in [-0.4, -0.2) is 32.0 Å². The predicted octanol–water partition coefficient (Wildman–Crippen LogP) is 3.73. The molecule has 0 aliphatic heterocycles. The number of esters is 1. The van der Waals surface area contributed by atoms with E-state index in [1.807, 2.05) is 32.9 Å². The summed E-state index contributed by atoms with van der Waals surface area (Å²) in [4.78, 5) is 33.7. The van der Waals surface area contributed by atoms with Crippen LogP contribution in [0.4, 0.5) is 0 Å². The van der Waals surface area contributed by atoms with Crippen molar-refractivity contribution in [2.24, 2.45) is 0 Å². The maximum Gasteiger partial charge on any atom is 0.306 e. The standard InChI is InChI=1S/C21H22N2O4S2/c1-21(2,3)27-18(24)10-9-13-11-14(29(4)26)12-16(22-13)20-23-19(25)15-7-5-6-8-17(15)28-20/h5-8,11-12H,9-10H2,1-4H3. The molecule has 2 heterocycles. The van der Waals surface area contributed by atoms with Gasteiger partial charge in [0.1, 0.15) is 16.3 Å². The third-order valence-corrected chi connectivity index (χ3v) is 5.90. The molecular formula is C21H22N2O4S2. The molecule has 3 rings (SSSR count). The van der Waals surface area contributed by atoms with Crippen molar-refractivity contribution in [2.45, 2.75) is 44.1 Å². The van der Waals surface area contributed by atoms with E-state index in [4.69, 9.17) is 4.74 Å². The van der Waals surface area contributed by atoms with Gasteiger partial charge < -0.3 is 4.74 Å². The van der Waals surface area contributed by atoms with Crippen molar-refractivity contribution in [1.82, 2.24) is 9.97 Å². The number of ether oxygens (including phenoxy) is 1. The first kappa shape index (κ1) is 21.3. The number of aryl methyl sites for hydroxylation is 1. The Morgan fingerprint density at radius 3 is 2.59 bits per heavy atom. The molecule has 0 spiro atoms. The largest absolute Gasteiger partial charge is 0.460 e. The molecule has 0 aliphatic rings. The lowest BCUT2D eigenvalue weighted by atomic mass is 10.1. The molecular weight excluding hydrogens is 408 g/mol. The smallest absolute Gasteiger partial charge is 0.306 e. The van der Waals surface area contributed by atoms with Crippen molar-refractivity contribution in [3.8, 4) is 10.7 Å². The van der Waals surface area contributed by atoms with Crippen molar-refractivity contribution >= 4 is 38.2 Å². The Bertz CT molecular complexity index is 1150. The van der Waals surface area contributed by atoms with Crippen LogP contribution in [0.1, 0.15) is 32.9 Å². The minimum Gasteiger partial charge on any atom is -0.460 e. The van der Waals surface area contributed by atoms with Crippen LogP contribution in [-0.2, 0) is 26.8 Å². The third-order valence-electron chi connectivity index (χ3n) is 3.94. The van der Waals surface area contributed by atoms with Gasteiger partial charge in [0, 0.05) is 38.8 Å². The van der Waals surface area contributed by atoms with E-state index in [2.05, 4.69) is 9.97 Å². The number of carbonyl (C=O) groups excluding carboxylic acids is 1. The molecule has 0 amide bonds. The van der Waals surface area contributed by atoms with Gasteiger partial charge in [0.2, 0.25) is 0 Å². The monoisotopic (exact) mass is 430 g/mol. The maximum absolute atomic E-state index is 12.4. The number of hydrogen-bond acceptors (Lipinski definition) is 7. The van der Waals surface area contributed by atoms with E-state index in [0.717, 1.165) is 4.70 Å². The average Bonchev–Trinajstić information content (AvgIpc) is 2.65. The molecule has 0 aliphatic carbocycles. The quantitative estimate of drug-likeness (QED) is 0.573. The Morgan fingerprint density at radius 1 is 1.17 bits per heavy atom. The lowest BCUT2D eigenvalue weighted by Crippen LogP contribution is -2.24. The number of aromatic nitrogens is 2. The van der Waals surface area contributed by atoms with Crippen molar-refractivity contribution in [3.63, 3.8) is 0 Å². The molecule has 2 aromatic heterocycles. The second-order valence-corrected chi connectivity index (χ2v) is 9.95. The first-order valence-electron chi connectivity index (χ1n) is 9.09. The highest BCUT2D eigenvalue weighted by Crippen LogP contribution is 2.26. The minimum atomic E-state index is -1.24. The summed E-state index contributed by atoms with van der Waals surface area (Å²) in [6.07, 6.45) is 2.08. The normalized spacial score (nSPS) is 12.7. The fraction of sp³-hybridized carbons (Fsp3) is 0.333. The summed E-state index contributed by atoms with van der Waals surface area (Å²) in [6.45, 7) is 5.44. The summed E-state index contributed by atoms with van der Waals surface area (Å²) in [7, 11) is -1.24. The van der Waals surface area contributed by atoms with E-state index in [0.29, 0.717) is 33.1 Å². The van der Waals surface area contributed by atoms with E-state index in [9.17, 15) is 13.8 Å². The predicted molar refractivity (Wildman–Crippen MR) is 116 cm³/mol. The lowest BCUT2D eigenvalue weighted by Gasteiger charge is -2.19. The van der Waals surface area contributed by atoms with Crippen molar-refractivity contribution in [3.05, 3.63) is 52.4 Å². The van der Waals surface area contributed by atoms with Gasteiger partial charge in [-0.25, -0.2) is 0 Å². The number of rotatable bonds is 5. The molecule has 1 atom stereocenters. The Balaban J connectivity index is 1.96. The molecule has 0 saturated carbocycles. The van der Waals surface area contributed by atoms with Crippen molar-refractivity contribution in [1.29, 1.82) is 0 Å². The van der Waals surface area contributed by atoms with Gasteiger partial charge in [0.25, 0.3) is 5.56 Å². The Hall–Kier alpha value is -2.45. The van der Waals surface area contributed by atoms with Gasteiger partial charge in [0.05, 0.1) is 11.8 Å². The summed E-state index contributed by atoms with van der Waals surface area (Å²) in [5.74, 6) is -0.322. The van der Waals surface area contributed by atoms with Crippen LogP contribution >= 0.6 is 11.3 Å². The summed E-state index contributed by atoms with van der Waals surface area (Å²) >= 11 is 1.35. The topological polar surface area (TPSA) is 86.2 Å². The molecule has 0 N–H and O–H groups in total. The highest BCUT2D eigenvalue weighted by molar-refractivity contribution is 7.84. The molecule has 0 saturated heterocycles. The second-order valence-electron chi connectivity index (χ2n) is 7.54. The molecule has 3 aromatic rings. The zero-order valence-corrected chi connectivity index (χ0v) is 18.4. The van der Waals surface area contributed by atoms with Crippen LogP contribution in [0.15, 0.2) is 46.1 Å². The van der Waals surface area contributed by atoms with Crippen LogP contribution in [0.5, 0.6) is 0 Å². The molecule has 0 bridgehead atoms. The van der Waals surface area contributed by atoms with Gasteiger partial charge in [-0.15, -0.1) is 11.3 Å². The second kappa shape index (κ2) is 8.51. The number of pyridine rings is 1. The molecule has 152 valence electrons. The molecule has 1 aromatic carbocycles. The molecule has 1 unspecified atom stereocenters. The zero-order chi connectivity index (χ0) is 21.2. The highest BCUT2D eigenvalue weighted by atomic mass is 32.2. The van der Waals surface area contributed by atoms with Crippen LogP contribution in [0, 0.1) is 0 Å². The first-order valence-corrected chi connectivity index (χ1v) is 11.5. The fourth-order valence-corrected chi connectivity index (χ4v) is 4.24. The van der Waals surface area contributed by atoms with E-state index >= 15 is 0 Å². The summed E-state index contributed by atoms with van der Waals surface area (Å²) in [5.41, 5.74) is 0.205. The van der Waals surface area contributed by atoms with Gasteiger partial charge >= 0.3 is 5.97 Å². The summed E-state index contributed by atoms with van der Waals surface area (Å²) in [6, 6.07) is 10.7. The van der Waals surface area contributed by atoms with E-state index < -0.39 is 16.4 Å². The fourth-order valence-electron chi connectivity index (χ4n) is 2.71. The molecule has 6 nitrogen and oxygen atoms in total. The summed E-state index contributed by atoms with van der Waals surface area (Å²) in [5, 5.41) is 1.01. The van der Waals surface area contributed by atoms with Crippen LogP contribution in [0.3, 0.4) is 0 Å². The molecule has 0 fully saturated rings. The van der Waals surface area contributed by atoms with E-state index in [-0.39, 0.29) is 17.9 Å². The van der Waals surface area contributed by atoms with Gasteiger partial charge in [-0.1, -0.05) is 12.1 Å². The first-order chi connectivity index (χ1) is 13.6. The van der Waals surface area contributed by atoms with Gasteiger partial charge in [-0.05, 0) is 45.0 Å². The minimum absolute atomic E-state index is 0.158. The Kier molecular flexibility index (Phi) is 6.24. The molecule has 0 radical (unpaired) electrons.